The standard InChI is InChI=1S/C29H48N4.2H2O/c1-6-32(7-2)21-27(30)26-13-8-14-28(26)31-16-9-11-25-12-10-17-33(18-15-25)29-20-23(4)22(3)19-24(29)5;;/h19-20,25H,6-18,21,30H2,1-5H3;2*1H2/b27-26-,31-28?;;. The molecule has 0 spiro atoms. The first-order chi connectivity index (χ1) is 15.9. The van der Waals surface area contributed by atoms with Gasteiger partial charge in [-0.1, -0.05) is 19.9 Å². The summed E-state index contributed by atoms with van der Waals surface area (Å²) in [6, 6.07) is 4.76. The Morgan fingerprint density at radius 3 is 2.40 bits per heavy atom. The fourth-order valence-corrected chi connectivity index (χ4v) is 5.61. The lowest BCUT2D eigenvalue weighted by Gasteiger charge is -2.26. The van der Waals surface area contributed by atoms with E-state index in [-0.39, 0.29) is 11.0 Å². The van der Waals surface area contributed by atoms with Crippen LogP contribution >= 0.6 is 0 Å². The quantitative estimate of drug-likeness (QED) is 0.516. The molecule has 2 fully saturated rings. The highest BCUT2D eigenvalue weighted by Gasteiger charge is 2.20. The minimum Gasteiger partial charge on any atom is -0.412 e. The maximum Gasteiger partial charge on any atom is 0.0398 e. The average molecular weight is 489 g/mol. The Hall–Kier alpha value is -1.89. The lowest BCUT2D eigenvalue weighted by molar-refractivity contribution is 0.328. The van der Waals surface area contributed by atoms with Crippen molar-refractivity contribution in [2.75, 3.05) is 44.2 Å². The summed E-state index contributed by atoms with van der Waals surface area (Å²) in [5, 5.41) is 0. The van der Waals surface area contributed by atoms with Crippen molar-refractivity contribution < 1.29 is 11.0 Å². The smallest absolute Gasteiger partial charge is 0.0398 e. The summed E-state index contributed by atoms with van der Waals surface area (Å²) < 4.78 is 0. The number of allylic oxidation sites excluding steroid dienone is 1. The zero-order valence-electron chi connectivity index (χ0n) is 23.1. The lowest BCUT2D eigenvalue weighted by atomic mass is 9.95. The van der Waals surface area contributed by atoms with E-state index < -0.39 is 0 Å². The minimum absolute atomic E-state index is 0. The van der Waals surface area contributed by atoms with Crippen molar-refractivity contribution in [3.63, 3.8) is 0 Å². The topological polar surface area (TPSA) is 108 Å². The second-order valence-corrected chi connectivity index (χ2v) is 10.3. The Kier molecular flexibility index (Phi) is 13.6. The maximum absolute atomic E-state index is 6.50. The number of nitrogens with zero attached hydrogens (tertiary/aromatic N) is 3. The van der Waals surface area contributed by atoms with Crippen LogP contribution in [0, 0.1) is 26.7 Å². The predicted octanol–water partition coefficient (Wildman–Crippen LogP) is 4.53. The average Bonchev–Trinajstić information content (AvgIpc) is 3.15. The van der Waals surface area contributed by atoms with E-state index in [0.717, 1.165) is 50.6 Å². The summed E-state index contributed by atoms with van der Waals surface area (Å²) in [4.78, 5) is 10.1. The van der Waals surface area contributed by atoms with Gasteiger partial charge in [-0.3, -0.25) is 9.89 Å². The molecule has 1 aliphatic heterocycles. The molecular formula is C29H52N4O2. The van der Waals surface area contributed by atoms with E-state index >= 15 is 0 Å². The highest BCUT2D eigenvalue weighted by atomic mass is 16.0. The molecule has 1 saturated carbocycles. The zero-order chi connectivity index (χ0) is 23.8. The molecule has 1 atom stereocenters. The molecule has 35 heavy (non-hydrogen) atoms. The van der Waals surface area contributed by atoms with Crippen LogP contribution in [0.3, 0.4) is 0 Å². The van der Waals surface area contributed by atoms with Crippen molar-refractivity contribution in [2.45, 2.75) is 86.0 Å². The second-order valence-electron chi connectivity index (χ2n) is 10.3. The van der Waals surface area contributed by atoms with E-state index in [1.807, 2.05) is 0 Å². The molecule has 6 nitrogen and oxygen atoms in total. The molecule has 1 aromatic carbocycles. The van der Waals surface area contributed by atoms with E-state index in [0.29, 0.717) is 0 Å². The minimum atomic E-state index is 0. The van der Waals surface area contributed by atoms with Crippen LogP contribution in [0.4, 0.5) is 5.69 Å². The molecule has 2 aliphatic rings. The van der Waals surface area contributed by atoms with Crippen LogP contribution in [0.25, 0.3) is 0 Å². The summed E-state index contributed by atoms with van der Waals surface area (Å²) in [5.74, 6) is 0.841. The molecule has 0 bridgehead atoms. The van der Waals surface area contributed by atoms with E-state index in [1.165, 1.54) is 85.3 Å². The third kappa shape index (κ3) is 8.62. The van der Waals surface area contributed by atoms with Crippen LogP contribution in [-0.2, 0) is 0 Å². The van der Waals surface area contributed by atoms with Crippen LogP contribution < -0.4 is 10.6 Å². The Bertz CT molecular complexity index is 845. The number of benzene rings is 1. The molecule has 0 aromatic heterocycles. The van der Waals surface area contributed by atoms with Gasteiger partial charge in [0, 0.05) is 43.3 Å². The molecule has 1 aliphatic carbocycles. The van der Waals surface area contributed by atoms with Gasteiger partial charge < -0.3 is 21.6 Å². The van der Waals surface area contributed by atoms with Crippen LogP contribution in [0.15, 0.2) is 28.4 Å². The number of nitrogens with two attached hydrogens (primary N) is 1. The second kappa shape index (κ2) is 15.3. The summed E-state index contributed by atoms with van der Waals surface area (Å²) >= 11 is 0. The van der Waals surface area contributed by atoms with Crippen molar-refractivity contribution >= 4 is 11.4 Å². The van der Waals surface area contributed by atoms with Gasteiger partial charge in [0.15, 0.2) is 0 Å². The molecule has 3 rings (SSSR count). The Labute approximate surface area is 214 Å². The number of rotatable bonds is 9. The van der Waals surface area contributed by atoms with Crippen LogP contribution in [-0.4, -0.2) is 60.8 Å². The molecule has 1 aromatic rings. The van der Waals surface area contributed by atoms with Crippen LogP contribution in [0.5, 0.6) is 0 Å². The number of hydrogen-bond acceptors (Lipinski definition) is 4. The molecule has 1 unspecified atom stereocenters. The first-order valence-electron chi connectivity index (χ1n) is 13.5. The lowest BCUT2D eigenvalue weighted by Crippen LogP contribution is -2.29. The van der Waals surface area contributed by atoms with Gasteiger partial charge in [0.1, 0.15) is 0 Å². The van der Waals surface area contributed by atoms with E-state index in [4.69, 9.17) is 10.7 Å². The molecule has 1 saturated heterocycles. The van der Waals surface area contributed by atoms with Crippen molar-refractivity contribution in [3.8, 4) is 0 Å². The Balaban J connectivity index is 0.00000306. The van der Waals surface area contributed by atoms with Gasteiger partial charge in [0.25, 0.3) is 0 Å². The van der Waals surface area contributed by atoms with Gasteiger partial charge >= 0.3 is 0 Å². The highest BCUT2D eigenvalue weighted by molar-refractivity contribution is 6.02. The summed E-state index contributed by atoms with van der Waals surface area (Å²) in [6.07, 6.45) is 9.93. The Morgan fingerprint density at radius 2 is 1.69 bits per heavy atom. The molecule has 0 radical (unpaired) electrons. The van der Waals surface area contributed by atoms with Gasteiger partial charge in [-0.05, 0) is 119 Å². The van der Waals surface area contributed by atoms with E-state index in [9.17, 15) is 0 Å². The number of likely N-dealkylation sites (N-methyl/N-ethyl adjacent to an activating group) is 1. The fourth-order valence-electron chi connectivity index (χ4n) is 5.61. The number of hydrogen-bond donors (Lipinski definition) is 1. The fraction of sp³-hybridized carbons (Fsp3) is 0.690. The highest BCUT2D eigenvalue weighted by Crippen LogP contribution is 2.30. The largest absolute Gasteiger partial charge is 0.412 e. The predicted molar refractivity (Wildman–Crippen MR) is 152 cm³/mol. The molecule has 6 N–H and O–H groups in total. The molecular weight excluding hydrogens is 436 g/mol. The summed E-state index contributed by atoms with van der Waals surface area (Å²) in [5.41, 5.74) is 15.9. The molecule has 1 heterocycles. The van der Waals surface area contributed by atoms with E-state index in [2.05, 4.69) is 56.6 Å². The third-order valence-corrected chi connectivity index (χ3v) is 7.94. The summed E-state index contributed by atoms with van der Waals surface area (Å²) in [7, 11) is 0. The van der Waals surface area contributed by atoms with Crippen molar-refractivity contribution in [1.82, 2.24) is 4.90 Å². The van der Waals surface area contributed by atoms with Gasteiger partial charge in [-0.15, -0.1) is 0 Å². The van der Waals surface area contributed by atoms with Gasteiger partial charge in [0.05, 0.1) is 0 Å². The van der Waals surface area contributed by atoms with Crippen molar-refractivity contribution in [3.05, 3.63) is 40.1 Å². The normalized spacial score (nSPS) is 21.0. The van der Waals surface area contributed by atoms with Gasteiger partial charge in [-0.25, -0.2) is 0 Å². The SMILES string of the molecule is CCN(CC)C/C(N)=C1\CCCC1=NCCCC1CCCN(c2cc(C)c(C)cc2C)CC1.O.O. The number of aryl methyl sites for hydroxylation is 3. The molecule has 0 amide bonds. The number of anilines is 1. The zero-order valence-corrected chi connectivity index (χ0v) is 23.1. The third-order valence-electron chi connectivity index (χ3n) is 7.94. The van der Waals surface area contributed by atoms with Gasteiger partial charge in [-0.2, -0.15) is 0 Å². The summed E-state index contributed by atoms with van der Waals surface area (Å²) in [6.45, 7) is 17.5. The Morgan fingerprint density at radius 1 is 0.971 bits per heavy atom. The maximum atomic E-state index is 6.50. The van der Waals surface area contributed by atoms with E-state index in [1.54, 1.807) is 0 Å². The van der Waals surface area contributed by atoms with Gasteiger partial charge in [0.2, 0.25) is 0 Å². The van der Waals surface area contributed by atoms with Crippen molar-refractivity contribution in [2.24, 2.45) is 16.6 Å². The van der Waals surface area contributed by atoms with Crippen LogP contribution in [0.2, 0.25) is 0 Å². The van der Waals surface area contributed by atoms with Crippen LogP contribution in [0.1, 0.15) is 81.9 Å². The number of aliphatic imine (C=N–C) groups is 1. The molecule has 200 valence electrons. The monoisotopic (exact) mass is 488 g/mol. The first kappa shape index (κ1) is 31.1. The first-order valence-corrected chi connectivity index (χ1v) is 13.5. The van der Waals surface area contributed by atoms with Crippen molar-refractivity contribution in [1.29, 1.82) is 0 Å². The molecule has 6 heteroatoms.